The topological polar surface area (TPSA) is 72.0 Å². The van der Waals surface area contributed by atoms with Crippen molar-refractivity contribution in [1.82, 2.24) is 9.97 Å². The first-order valence-electron chi connectivity index (χ1n) is 7.96. The minimum absolute atomic E-state index is 0.161. The lowest BCUT2D eigenvalue weighted by atomic mass is 10.1. The van der Waals surface area contributed by atoms with Crippen LogP contribution in [0, 0.1) is 5.82 Å². The zero-order chi connectivity index (χ0) is 17.8. The molecular weight excluding hydrogens is 323 g/mol. The van der Waals surface area contributed by atoms with E-state index in [0.29, 0.717) is 23.1 Å². The number of aryl methyl sites for hydroxylation is 1. The van der Waals surface area contributed by atoms with E-state index in [2.05, 4.69) is 9.97 Å². The second kappa shape index (κ2) is 7.25. The third-order valence-corrected chi connectivity index (χ3v) is 3.86. The highest BCUT2D eigenvalue weighted by Crippen LogP contribution is 2.15. The van der Waals surface area contributed by atoms with Crippen molar-refractivity contribution >= 4 is 16.9 Å². The van der Waals surface area contributed by atoms with Crippen molar-refractivity contribution in [3.8, 4) is 0 Å². The molecule has 0 spiro atoms. The average Bonchev–Trinajstić information content (AvgIpc) is 2.61. The molecule has 6 heteroatoms. The summed E-state index contributed by atoms with van der Waals surface area (Å²) in [6.45, 7) is 1.66. The second-order valence-corrected chi connectivity index (χ2v) is 5.73. The van der Waals surface area contributed by atoms with Crippen LogP contribution in [0.4, 0.5) is 4.39 Å². The summed E-state index contributed by atoms with van der Waals surface area (Å²) in [4.78, 5) is 31.1. The van der Waals surface area contributed by atoms with E-state index in [0.717, 1.165) is 5.56 Å². The fraction of sp³-hybridized carbons (Fsp3) is 0.211. The molecule has 0 unspecified atom stereocenters. The molecule has 0 aliphatic rings. The number of nitrogens with zero attached hydrogens (tertiary/aromatic N) is 1. The first-order chi connectivity index (χ1) is 12.0. The Morgan fingerprint density at radius 3 is 2.68 bits per heavy atom. The van der Waals surface area contributed by atoms with Gasteiger partial charge in [0, 0.05) is 6.42 Å². The molecule has 5 nitrogen and oxygen atoms in total. The maximum Gasteiger partial charge on any atom is 0.306 e. The van der Waals surface area contributed by atoms with E-state index in [1.807, 2.05) is 0 Å². The van der Waals surface area contributed by atoms with Crippen molar-refractivity contribution < 1.29 is 13.9 Å². The number of ether oxygens (including phenoxy) is 1. The van der Waals surface area contributed by atoms with Crippen LogP contribution in [0.15, 0.2) is 53.3 Å². The summed E-state index contributed by atoms with van der Waals surface area (Å²) in [6.07, 6.45) is -0.0561. The number of halogens is 1. The van der Waals surface area contributed by atoms with Gasteiger partial charge in [-0.3, -0.25) is 9.59 Å². The lowest BCUT2D eigenvalue weighted by molar-refractivity contribution is -0.148. The van der Waals surface area contributed by atoms with Gasteiger partial charge in [0.25, 0.3) is 5.56 Å². The number of H-pyrrole nitrogens is 1. The number of carbonyl (C=O) groups is 1. The van der Waals surface area contributed by atoms with Crippen LogP contribution < -0.4 is 5.56 Å². The molecule has 3 rings (SSSR count). The van der Waals surface area contributed by atoms with E-state index >= 15 is 0 Å². The molecule has 1 heterocycles. The summed E-state index contributed by atoms with van der Waals surface area (Å²) < 4.78 is 18.2. The van der Waals surface area contributed by atoms with Crippen LogP contribution in [0.5, 0.6) is 0 Å². The number of nitrogens with one attached hydrogen (secondary N) is 1. The van der Waals surface area contributed by atoms with Crippen molar-refractivity contribution in [2.75, 3.05) is 0 Å². The summed E-state index contributed by atoms with van der Waals surface area (Å²) in [7, 11) is 0. The Labute approximate surface area is 143 Å². The van der Waals surface area contributed by atoms with Crippen LogP contribution >= 0.6 is 0 Å². The molecule has 0 saturated carbocycles. The predicted octanol–water partition coefficient (Wildman–Crippen LogP) is 3.30. The van der Waals surface area contributed by atoms with Gasteiger partial charge in [-0.1, -0.05) is 24.3 Å². The molecule has 25 heavy (non-hydrogen) atoms. The van der Waals surface area contributed by atoms with Crippen LogP contribution in [0.3, 0.4) is 0 Å². The highest BCUT2D eigenvalue weighted by atomic mass is 19.1. The summed E-state index contributed by atoms with van der Waals surface area (Å²) in [5, 5.41) is 0.487. The van der Waals surface area contributed by atoms with Gasteiger partial charge in [-0.25, -0.2) is 9.37 Å². The molecule has 1 atom stereocenters. The smallest absolute Gasteiger partial charge is 0.306 e. The quantitative estimate of drug-likeness (QED) is 0.723. The van der Waals surface area contributed by atoms with Crippen LogP contribution in [-0.4, -0.2) is 15.9 Å². The minimum Gasteiger partial charge on any atom is -0.454 e. The molecule has 128 valence electrons. The highest BCUT2D eigenvalue weighted by molar-refractivity contribution is 5.77. The Morgan fingerprint density at radius 2 is 1.92 bits per heavy atom. The fourth-order valence-corrected chi connectivity index (χ4v) is 2.51. The van der Waals surface area contributed by atoms with E-state index in [1.54, 1.807) is 43.3 Å². The lowest BCUT2D eigenvalue weighted by Crippen LogP contribution is -2.17. The van der Waals surface area contributed by atoms with Crippen LogP contribution in [0.2, 0.25) is 0 Å². The number of hydrogen-bond acceptors (Lipinski definition) is 4. The average molecular weight is 340 g/mol. The SMILES string of the molecule is C[C@H](OC(=O)CCc1ccc(F)cc1)c1nc2ccccc2c(=O)[nH]1. The van der Waals surface area contributed by atoms with Gasteiger partial charge in [-0.2, -0.15) is 0 Å². The van der Waals surface area contributed by atoms with Gasteiger partial charge in [-0.05, 0) is 43.2 Å². The molecule has 0 aliphatic heterocycles. The lowest BCUT2D eigenvalue weighted by Gasteiger charge is -2.13. The predicted molar refractivity (Wildman–Crippen MR) is 91.6 cm³/mol. The minimum atomic E-state index is -0.668. The van der Waals surface area contributed by atoms with Crippen LogP contribution in [0.25, 0.3) is 10.9 Å². The maximum atomic E-state index is 12.9. The molecule has 0 aliphatic carbocycles. The maximum absolute atomic E-state index is 12.9. The van der Waals surface area contributed by atoms with Gasteiger partial charge in [-0.15, -0.1) is 0 Å². The van der Waals surface area contributed by atoms with E-state index in [9.17, 15) is 14.0 Å². The fourth-order valence-electron chi connectivity index (χ4n) is 2.51. The molecule has 0 bridgehead atoms. The zero-order valence-corrected chi connectivity index (χ0v) is 13.7. The molecule has 0 saturated heterocycles. The van der Waals surface area contributed by atoms with E-state index in [-0.39, 0.29) is 17.8 Å². The number of benzene rings is 2. The van der Waals surface area contributed by atoms with E-state index < -0.39 is 12.1 Å². The summed E-state index contributed by atoms with van der Waals surface area (Å²) in [5.41, 5.74) is 1.13. The molecule has 3 aromatic rings. The third-order valence-electron chi connectivity index (χ3n) is 3.86. The Bertz CT molecular complexity index is 951. The number of rotatable bonds is 5. The van der Waals surface area contributed by atoms with E-state index in [4.69, 9.17) is 4.74 Å². The van der Waals surface area contributed by atoms with Gasteiger partial charge in [0.2, 0.25) is 0 Å². The standard InChI is InChI=1S/C19H17FN2O3/c1-12(18-21-16-5-3-2-4-15(16)19(24)22-18)25-17(23)11-8-13-6-9-14(20)10-7-13/h2-7,9-10,12H,8,11H2,1H3,(H,21,22,24)/t12-/m0/s1. The number of para-hydroxylation sites is 1. The first-order valence-corrected chi connectivity index (χ1v) is 7.96. The number of esters is 1. The third kappa shape index (κ3) is 4.09. The van der Waals surface area contributed by atoms with E-state index in [1.165, 1.54) is 12.1 Å². The molecule has 1 N–H and O–H groups in total. The van der Waals surface area contributed by atoms with Crippen molar-refractivity contribution in [3.05, 3.63) is 76.1 Å². The normalized spacial score (nSPS) is 12.1. The van der Waals surface area contributed by atoms with Crippen LogP contribution in [0.1, 0.15) is 30.8 Å². The summed E-state index contributed by atoms with van der Waals surface area (Å²) in [5.74, 6) is -0.419. The molecule has 0 radical (unpaired) electrons. The molecule has 2 aromatic carbocycles. The molecular formula is C19H17FN2O3. The monoisotopic (exact) mass is 340 g/mol. The molecule has 0 fully saturated rings. The number of fused-ring (bicyclic) bond motifs is 1. The Balaban J connectivity index is 1.65. The van der Waals surface area contributed by atoms with Crippen LogP contribution in [-0.2, 0) is 16.0 Å². The molecule has 0 amide bonds. The highest BCUT2D eigenvalue weighted by Gasteiger charge is 2.15. The number of carbonyl (C=O) groups excluding carboxylic acids is 1. The largest absolute Gasteiger partial charge is 0.454 e. The number of aromatic amines is 1. The van der Waals surface area contributed by atoms with Gasteiger partial charge in [0.1, 0.15) is 5.82 Å². The Kier molecular flexibility index (Phi) is 4.88. The Morgan fingerprint density at radius 1 is 1.20 bits per heavy atom. The van der Waals surface area contributed by atoms with Gasteiger partial charge in [0.05, 0.1) is 10.9 Å². The summed E-state index contributed by atoms with van der Waals surface area (Å²) >= 11 is 0. The van der Waals surface area contributed by atoms with Gasteiger partial charge in [0.15, 0.2) is 11.9 Å². The number of hydrogen-bond donors (Lipinski definition) is 1. The van der Waals surface area contributed by atoms with Crippen molar-refractivity contribution in [2.45, 2.75) is 25.9 Å². The van der Waals surface area contributed by atoms with Crippen molar-refractivity contribution in [2.24, 2.45) is 0 Å². The summed E-state index contributed by atoms with van der Waals surface area (Å²) in [6, 6.07) is 12.9. The van der Waals surface area contributed by atoms with Crippen molar-refractivity contribution in [3.63, 3.8) is 0 Å². The molecule has 1 aromatic heterocycles. The first kappa shape index (κ1) is 16.8. The van der Waals surface area contributed by atoms with Gasteiger partial charge >= 0.3 is 5.97 Å². The van der Waals surface area contributed by atoms with Crippen molar-refractivity contribution in [1.29, 1.82) is 0 Å². The Hall–Kier alpha value is -3.02. The second-order valence-electron chi connectivity index (χ2n) is 5.73. The number of aromatic nitrogens is 2. The van der Waals surface area contributed by atoms with Gasteiger partial charge < -0.3 is 9.72 Å². The zero-order valence-electron chi connectivity index (χ0n) is 13.7.